The Morgan fingerprint density at radius 2 is 2.54 bits per heavy atom. The Balaban J connectivity index is 1.81. The van der Waals surface area contributed by atoms with Crippen LogP contribution in [0.25, 0.3) is 0 Å². The molecule has 13 heavy (non-hydrogen) atoms. The van der Waals surface area contributed by atoms with Crippen molar-refractivity contribution in [3.63, 3.8) is 0 Å². The van der Waals surface area contributed by atoms with Crippen molar-refractivity contribution in [2.75, 3.05) is 0 Å². The van der Waals surface area contributed by atoms with Crippen LogP contribution in [0.5, 0.6) is 0 Å². The van der Waals surface area contributed by atoms with Crippen LogP contribution < -0.4 is 5.32 Å². The minimum absolute atomic E-state index is 0.434. The van der Waals surface area contributed by atoms with Gasteiger partial charge in [-0.1, -0.05) is 19.0 Å². The van der Waals surface area contributed by atoms with E-state index in [4.69, 9.17) is 0 Å². The third-order valence-corrected chi connectivity index (χ3v) is 2.93. The van der Waals surface area contributed by atoms with Gasteiger partial charge in [-0.3, -0.25) is 0 Å². The first-order valence-corrected chi connectivity index (χ1v) is 4.67. The van der Waals surface area contributed by atoms with Crippen molar-refractivity contribution >= 4 is 0 Å². The Hall–Kier alpha value is -0.900. The lowest BCUT2D eigenvalue weighted by Gasteiger charge is -2.44. The van der Waals surface area contributed by atoms with Crippen LogP contribution in [0.4, 0.5) is 0 Å². The first-order valence-electron chi connectivity index (χ1n) is 4.67. The first kappa shape index (κ1) is 8.69. The van der Waals surface area contributed by atoms with E-state index < -0.39 is 0 Å². The summed E-state index contributed by atoms with van der Waals surface area (Å²) < 4.78 is 4.65. The van der Waals surface area contributed by atoms with Gasteiger partial charge in [-0.2, -0.15) is 4.98 Å². The molecule has 4 nitrogen and oxygen atoms in total. The molecule has 0 bridgehead atoms. The van der Waals surface area contributed by atoms with Crippen molar-refractivity contribution in [3.05, 3.63) is 12.2 Å². The lowest BCUT2D eigenvalue weighted by atomic mass is 9.67. The summed E-state index contributed by atoms with van der Waals surface area (Å²) in [5.41, 5.74) is 0.434. The zero-order valence-corrected chi connectivity index (χ0v) is 8.08. The van der Waals surface area contributed by atoms with Crippen LogP contribution in [0.1, 0.15) is 32.5 Å². The molecular formula is C9H15N3O. The van der Waals surface area contributed by atoms with Crippen LogP contribution in [0.2, 0.25) is 0 Å². The molecule has 2 rings (SSSR count). The summed E-state index contributed by atoms with van der Waals surface area (Å²) in [5.74, 6) is 0.739. The molecule has 1 saturated carbocycles. The van der Waals surface area contributed by atoms with E-state index in [-0.39, 0.29) is 0 Å². The van der Waals surface area contributed by atoms with E-state index in [1.807, 2.05) is 0 Å². The lowest BCUT2D eigenvalue weighted by Crippen LogP contribution is -2.49. The van der Waals surface area contributed by atoms with Crippen molar-refractivity contribution in [2.45, 2.75) is 39.3 Å². The fraction of sp³-hybridized carbons (Fsp3) is 0.778. The minimum atomic E-state index is 0.434. The monoisotopic (exact) mass is 181 g/mol. The van der Waals surface area contributed by atoms with E-state index in [1.165, 1.54) is 19.2 Å². The smallest absolute Gasteiger partial charge is 0.213 e. The Labute approximate surface area is 77.7 Å². The molecular weight excluding hydrogens is 166 g/mol. The van der Waals surface area contributed by atoms with Crippen molar-refractivity contribution in [1.82, 2.24) is 15.5 Å². The van der Waals surface area contributed by atoms with E-state index in [0.717, 1.165) is 5.82 Å². The molecule has 0 aromatic carbocycles. The van der Waals surface area contributed by atoms with Crippen molar-refractivity contribution in [1.29, 1.82) is 0 Å². The van der Waals surface area contributed by atoms with Crippen molar-refractivity contribution in [3.8, 4) is 0 Å². The van der Waals surface area contributed by atoms with Gasteiger partial charge in [0, 0.05) is 6.04 Å². The molecule has 0 aliphatic heterocycles. The summed E-state index contributed by atoms with van der Waals surface area (Å²) >= 11 is 0. The highest BCUT2D eigenvalue weighted by Gasteiger charge is 2.37. The van der Waals surface area contributed by atoms with Crippen molar-refractivity contribution < 1.29 is 4.52 Å². The van der Waals surface area contributed by atoms with Gasteiger partial charge in [0.2, 0.25) is 6.39 Å². The summed E-state index contributed by atoms with van der Waals surface area (Å²) in [6.45, 7) is 5.28. The van der Waals surface area contributed by atoms with E-state index in [1.54, 1.807) is 0 Å². The molecule has 1 atom stereocenters. The standard InChI is InChI=1S/C9H15N3O/c1-9(2)4-3-7(9)10-5-8-11-6-13-12-8/h6-7,10H,3-5H2,1-2H3. The Bertz CT molecular complexity index is 268. The van der Waals surface area contributed by atoms with Crippen LogP contribution in [-0.2, 0) is 6.54 Å². The molecule has 4 heteroatoms. The second kappa shape index (κ2) is 3.10. The normalized spacial score (nSPS) is 25.5. The van der Waals surface area contributed by atoms with Gasteiger partial charge < -0.3 is 9.84 Å². The molecule has 1 unspecified atom stereocenters. The second-order valence-corrected chi connectivity index (χ2v) is 4.31. The maximum Gasteiger partial charge on any atom is 0.213 e. The summed E-state index contributed by atoms with van der Waals surface area (Å²) in [7, 11) is 0. The quantitative estimate of drug-likeness (QED) is 0.764. The summed E-state index contributed by atoms with van der Waals surface area (Å²) in [4.78, 5) is 3.95. The zero-order chi connectivity index (χ0) is 9.31. The molecule has 0 radical (unpaired) electrons. The molecule has 0 saturated heterocycles. The van der Waals surface area contributed by atoms with E-state index in [2.05, 4.69) is 33.8 Å². The number of aromatic nitrogens is 2. The number of nitrogens with zero attached hydrogens (tertiary/aromatic N) is 2. The first-order chi connectivity index (χ1) is 6.18. The second-order valence-electron chi connectivity index (χ2n) is 4.31. The van der Waals surface area contributed by atoms with Crippen LogP contribution in [0, 0.1) is 5.41 Å². The van der Waals surface area contributed by atoms with E-state index in [9.17, 15) is 0 Å². The zero-order valence-electron chi connectivity index (χ0n) is 8.08. The molecule has 1 aromatic heterocycles. The molecule has 1 aliphatic rings. The predicted octanol–water partition coefficient (Wildman–Crippen LogP) is 1.35. The van der Waals surface area contributed by atoms with Gasteiger partial charge in [0.15, 0.2) is 5.82 Å². The number of nitrogens with one attached hydrogen (secondary N) is 1. The Morgan fingerprint density at radius 1 is 1.69 bits per heavy atom. The maximum absolute atomic E-state index is 4.65. The number of hydrogen-bond donors (Lipinski definition) is 1. The summed E-state index contributed by atoms with van der Waals surface area (Å²) in [5, 5.41) is 7.17. The molecule has 0 spiro atoms. The molecule has 1 N–H and O–H groups in total. The summed E-state index contributed by atoms with van der Waals surface area (Å²) in [6, 6.07) is 0.603. The highest BCUT2D eigenvalue weighted by Crippen LogP contribution is 2.39. The topological polar surface area (TPSA) is 51.0 Å². The predicted molar refractivity (Wildman–Crippen MR) is 47.9 cm³/mol. The SMILES string of the molecule is CC1(C)CCC1NCc1ncon1. The van der Waals surface area contributed by atoms with Gasteiger partial charge in [-0.25, -0.2) is 0 Å². The van der Waals surface area contributed by atoms with Crippen LogP contribution in [-0.4, -0.2) is 16.2 Å². The molecule has 1 fully saturated rings. The Morgan fingerprint density at radius 3 is 3.00 bits per heavy atom. The van der Waals surface area contributed by atoms with Gasteiger partial charge in [0.1, 0.15) is 0 Å². The maximum atomic E-state index is 4.65. The van der Waals surface area contributed by atoms with Crippen LogP contribution in [0.15, 0.2) is 10.9 Å². The van der Waals surface area contributed by atoms with Crippen LogP contribution >= 0.6 is 0 Å². The van der Waals surface area contributed by atoms with Gasteiger partial charge in [0.25, 0.3) is 0 Å². The molecule has 1 heterocycles. The fourth-order valence-corrected chi connectivity index (χ4v) is 1.73. The Kier molecular flexibility index (Phi) is 2.07. The third kappa shape index (κ3) is 1.72. The largest absolute Gasteiger partial charge is 0.343 e. The third-order valence-electron chi connectivity index (χ3n) is 2.93. The van der Waals surface area contributed by atoms with Gasteiger partial charge in [-0.15, -0.1) is 0 Å². The molecule has 72 valence electrons. The average molecular weight is 181 g/mol. The molecule has 1 aromatic rings. The van der Waals surface area contributed by atoms with Gasteiger partial charge in [-0.05, 0) is 18.3 Å². The van der Waals surface area contributed by atoms with Gasteiger partial charge in [0.05, 0.1) is 6.54 Å². The highest BCUT2D eigenvalue weighted by molar-refractivity contribution is 4.95. The van der Waals surface area contributed by atoms with Gasteiger partial charge >= 0.3 is 0 Å². The van der Waals surface area contributed by atoms with E-state index >= 15 is 0 Å². The van der Waals surface area contributed by atoms with E-state index in [0.29, 0.717) is 18.0 Å². The highest BCUT2D eigenvalue weighted by atomic mass is 16.5. The lowest BCUT2D eigenvalue weighted by molar-refractivity contribution is 0.107. The summed E-state index contributed by atoms with van der Waals surface area (Å²) in [6.07, 6.45) is 3.92. The molecule has 1 aliphatic carbocycles. The minimum Gasteiger partial charge on any atom is -0.343 e. The number of hydrogen-bond acceptors (Lipinski definition) is 4. The number of rotatable bonds is 3. The fourth-order valence-electron chi connectivity index (χ4n) is 1.73. The molecule has 0 amide bonds. The average Bonchev–Trinajstić information content (AvgIpc) is 2.55. The van der Waals surface area contributed by atoms with Crippen molar-refractivity contribution in [2.24, 2.45) is 5.41 Å². The van der Waals surface area contributed by atoms with Crippen LogP contribution in [0.3, 0.4) is 0 Å².